The molecule has 1 aromatic rings. The molecule has 1 rings (SSSR count). The average Bonchev–Trinajstić information content (AvgIpc) is 2.34. The Balaban J connectivity index is 3.04. The minimum atomic E-state index is -4.67. The second-order valence-corrected chi connectivity index (χ2v) is 3.19. The first-order valence-electron chi connectivity index (χ1n) is 4.69. The van der Waals surface area contributed by atoms with Crippen LogP contribution in [0.15, 0.2) is 18.2 Å². The lowest BCUT2D eigenvalue weighted by atomic mass is 10.1. The zero-order valence-electron chi connectivity index (χ0n) is 9.25. The van der Waals surface area contributed by atoms with Crippen LogP contribution in [0.1, 0.15) is 11.1 Å². The van der Waals surface area contributed by atoms with E-state index < -0.39 is 30.1 Å². The van der Waals surface area contributed by atoms with Crippen LogP contribution in [0.2, 0.25) is 0 Å². The summed E-state index contributed by atoms with van der Waals surface area (Å²) in [5.41, 5.74) is -1.25. The molecule has 0 atom stereocenters. The predicted molar refractivity (Wildman–Crippen MR) is 53.7 cm³/mol. The van der Waals surface area contributed by atoms with E-state index in [2.05, 4.69) is 4.74 Å². The third-order valence-corrected chi connectivity index (χ3v) is 1.99. The summed E-state index contributed by atoms with van der Waals surface area (Å²) in [6, 6.07) is 4.41. The summed E-state index contributed by atoms with van der Waals surface area (Å²) in [4.78, 5) is 10.8. The molecule has 0 heterocycles. The van der Waals surface area contributed by atoms with Gasteiger partial charge in [0.1, 0.15) is 5.75 Å². The maximum atomic E-state index is 12.7. The highest BCUT2D eigenvalue weighted by molar-refractivity contribution is 5.71. The maximum Gasteiger partial charge on any atom is 0.420 e. The molecule has 1 aromatic carbocycles. The number of carbonyl (C=O) groups is 1. The number of benzene rings is 1. The average molecular weight is 259 g/mol. The molecular weight excluding hydrogens is 251 g/mol. The summed E-state index contributed by atoms with van der Waals surface area (Å²) in [7, 11) is 1.09. The largest absolute Gasteiger partial charge is 0.481 e. The fourth-order valence-electron chi connectivity index (χ4n) is 1.14. The second kappa shape index (κ2) is 5.40. The summed E-state index contributed by atoms with van der Waals surface area (Å²) >= 11 is 0. The van der Waals surface area contributed by atoms with Gasteiger partial charge in [0.15, 0.2) is 6.61 Å². The van der Waals surface area contributed by atoms with Crippen molar-refractivity contribution < 1.29 is 27.4 Å². The molecule has 0 aliphatic heterocycles. The number of carbonyl (C=O) groups excluding carboxylic acids is 1. The van der Waals surface area contributed by atoms with E-state index in [1.54, 1.807) is 6.07 Å². The van der Waals surface area contributed by atoms with Crippen molar-refractivity contribution in [3.63, 3.8) is 0 Å². The molecule has 0 radical (unpaired) electrons. The fraction of sp³-hybridized carbons (Fsp3) is 0.273. The van der Waals surface area contributed by atoms with Gasteiger partial charge in [-0.1, -0.05) is 0 Å². The summed E-state index contributed by atoms with van der Waals surface area (Å²) in [5, 5.41) is 8.54. The molecule has 0 saturated carbocycles. The number of methoxy groups -OCH3 is 1. The van der Waals surface area contributed by atoms with E-state index in [1.165, 1.54) is 6.07 Å². The van der Waals surface area contributed by atoms with Crippen molar-refractivity contribution in [3.05, 3.63) is 29.3 Å². The molecule has 0 aliphatic rings. The van der Waals surface area contributed by atoms with E-state index in [-0.39, 0.29) is 5.56 Å². The van der Waals surface area contributed by atoms with Crippen LogP contribution in [0.5, 0.6) is 5.75 Å². The summed E-state index contributed by atoms with van der Waals surface area (Å²) in [6.45, 7) is -0.633. The van der Waals surface area contributed by atoms with Crippen LogP contribution in [0.25, 0.3) is 0 Å². The Morgan fingerprint density at radius 3 is 2.61 bits per heavy atom. The van der Waals surface area contributed by atoms with E-state index in [0.29, 0.717) is 6.07 Å². The number of nitriles is 1. The van der Waals surface area contributed by atoms with E-state index in [9.17, 15) is 18.0 Å². The minimum absolute atomic E-state index is 0.146. The fourth-order valence-corrected chi connectivity index (χ4v) is 1.14. The van der Waals surface area contributed by atoms with Gasteiger partial charge in [0.2, 0.25) is 0 Å². The number of hydrogen-bond acceptors (Lipinski definition) is 4. The topological polar surface area (TPSA) is 59.3 Å². The first-order valence-corrected chi connectivity index (χ1v) is 4.69. The van der Waals surface area contributed by atoms with E-state index in [1.807, 2.05) is 0 Å². The molecular formula is C11H8F3NO3. The molecule has 0 amide bonds. The number of nitrogens with zero attached hydrogens (tertiary/aromatic N) is 1. The van der Waals surface area contributed by atoms with Crippen LogP contribution in [-0.2, 0) is 15.7 Å². The molecule has 7 heteroatoms. The lowest BCUT2D eigenvalue weighted by molar-refractivity contribution is -0.145. The summed E-state index contributed by atoms with van der Waals surface area (Å²) in [6.07, 6.45) is -4.67. The first kappa shape index (κ1) is 13.8. The maximum absolute atomic E-state index is 12.7. The molecule has 4 nitrogen and oxygen atoms in total. The number of ether oxygens (including phenoxy) is 2. The summed E-state index contributed by atoms with van der Waals surface area (Å²) in [5.74, 6) is -1.32. The molecule has 0 spiro atoms. The van der Waals surface area contributed by atoms with Gasteiger partial charge < -0.3 is 9.47 Å². The second-order valence-electron chi connectivity index (χ2n) is 3.19. The Bertz CT molecular complexity index is 491. The van der Waals surface area contributed by atoms with Gasteiger partial charge in [0.25, 0.3) is 0 Å². The highest BCUT2D eigenvalue weighted by atomic mass is 19.4. The van der Waals surface area contributed by atoms with Gasteiger partial charge in [-0.05, 0) is 18.2 Å². The minimum Gasteiger partial charge on any atom is -0.481 e. The third kappa shape index (κ3) is 3.38. The molecule has 0 fully saturated rings. The van der Waals surface area contributed by atoms with Crippen LogP contribution in [-0.4, -0.2) is 19.7 Å². The molecule has 0 unspecified atom stereocenters. The number of esters is 1. The van der Waals surface area contributed by atoms with Gasteiger partial charge in [-0.3, -0.25) is 0 Å². The smallest absolute Gasteiger partial charge is 0.420 e. The highest BCUT2D eigenvalue weighted by Gasteiger charge is 2.34. The van der Waals surface area contributed by atoms with Gasteiger partial charge in [-0.25, -0.2) is 4.79 Å². The Morgan fingerprint density at radius 2 is 2.11 bits per heavy atom. The van der Waals surface area contributed by atoms with Crippen molar-refractivity contribution in [1.29, 1.82) is 5.26 Å². The molecule has 18 heavy (non-hydrogen) atoms. The van der Waals surface area contributed by atoms with Crippen LogP contribution >= 0.6 is 0 Å². The van der Waals surface area contributed by atoms with Gasteiger partial charge in [-0.2, -0.15) is 18.4 Å². The molecule has 0 saturated heterocycles. The molecule has 0 aromatic heterocycles. The standard InChI is InChI=1S/C11H8F3NO3/c1-17-10(16)6-18-9-3-2-7(5-15)4-8(9)11(12,13)14/h2-4H,6H2,1H3. The number of rotatable bonds is 3. The van der Waals surface area contributed by atoms with Crippen molar-refractivity contribution in [2.24, 2.45) is 0 Å². The number of hydrogen-bond donors (Lipinski definition) is 0. The number of halogens is 3. The highest BCUT2D eigenvalue weighted by Crippen LogP contribution is 2.36. The Morgan fingerprint density at radius 1 is 1.44 bits per heavy atom. The third-order valence-electron chi connectivity index (χ3n) is 1.99. The molecule has 0 bridgehead atoms. The lowest BCUT2D eigenvalue weighted by Crippen LogP contribution is -2.15. The quantitative estimate of drug-likeness (QED) is 0.780. The van der Waals surface area contributed by atoms with E-state index in [0.717, 1.165) is 13.2 Å². The lowest BCUT2D eigenvalue weighted by Gasteiger charge is -2.13. The summed E-state index contributed by atoms with van der Waals surface area (Å²) < 4.78 is 47.0. The SMILES string of the molecule is COC(=O)COc1ccc(C#N)cc1C(F)(F)F. The van der Waals surface area contributed by atoms with Gasteiger partial charge in [0, 0.05) is 0 Å². The zero-order chi connectivity index (χ0) is 13.8. The van der Waals surface area contributed by atoms with E-state index >= 15 is 0 Å². The van der Waals surface area contributed by atoms with Crippen molar-refractivity contribution in [2.45, 2.75) is 6.18 Å². The Kier molecular flexibility index (Phi) is 4.15. The van der Waals surface area contributed by atoms with Crippen molar-refractivity contribution >= 4 is 5.97 Å². The zero-order valence-corrected chi connectivity index (χ0v) is 9.25. The Labute approximate surface area is 101 Å². The molecule has 0 N–H and O–H groups in total. The van der Waals surface area contributed by atoms with Crippen LogP contribution in [0.4, 0.5) is 13.2 Å². The molecule has 96 valence electrons. The van der Waals surface area contributed by atoms with E-state index in [4.69, 9.17) is 10.00 Å². The van der Waals surface area contributed by atoms with Gasteiger partial charge in [-0.15, -0.1) is 0 Å². The Hall–Kier alpha value is -2.23. The van der Waals surface area contributed by atoms with Gasteiger partial charge >= 0.3 is 12.1 Å². The van der Waals surface area contributed by atoms with Gasteiger partial charge in [0.05, 0.1) is 24.3 Å². The predicted octanol–water partition coefficient (Wildman–Crippen LogP) is 2.13. The number of alkyl halides is 3. The van der Waals surface area contributed by atoms with Crippen LogP contribution < -0.4 is 4.74 Å². The van der Waals surface area contributed by atoms with Crippen molar-refractivity contribution in [3.8, 4) is 11.8 Å². The van der Waals surface area contributed by atoms with Crippen LogP contribution in [0.3, 0.4) is 0 Å². The van der Waals surface area contributed by atoms with Crippen molar-refractivity contribution in [2.75, 3.05) is 13.7 Å². The van der Waals surface area contributed by atoms with Crippen LogP contribution in [0, 0.1) is 11.3 Å². The molecule has 0 aliphatic carbocycles. The van der Waals surface area contributed by atoms with Crippen molar-refractivity contribution in [1.82, 2.24) is 0 Å². The monoisotopic (exact) mass is 259 g/mol. The first-order chi connectivity index (χ1) is 8.38. The normalized spacial score (nSPS) is 10.6.